The summed E-state index contributed by atoms with van der Waals surface area (Å²) in [5.74, 6) is -0.0167. The SMILES string of the molecule is Cc1cc(C(C)Nc2ccccc2C(=O)OC(C)(C)C)c2oc(-c3ccc4cc[nH]c4n3)cc(=O)c2c1. The van der Waals surface area contributed by atoms with Gasteiger partial charge in [0, 0.05) is 28.9 Å². The first-order valence-corrected chi connectivity index (χ1v) is 12.2. The first kappa shape index (κ1) is 24.3. The van der Waals surface area contributed by atoms with Crippen LogP contribution in [0.3, 0.4) is 0 Å². The highest BCUT2D eigenvalue weighted by molar-refractivity contribution is 5.96. The van der Waals surface area contributed by atoms with Crippen molar-refractivity contribution in [2.45, 2.75) is 46.3 Å². The van der Waals surface area contributed by atoms with Gasteiger partial charge in [-0.1, -0.05) is 18.2 Å². The topological polar surface area (TPSA) is 97.2 Å². The van der Waals surface area contributed by atoms with Crippen LogP contribution in [0.2, 0.25) is 0 Å². The van der Waals surface area contributed by atoms with E-state index in [9.17, 15) is 9.59 Å². The standard InChI is InChI=1S/C30H29N3O4/c1-17-14-21(18(2)32-23-9-7-6-8-20(23)29(35)37-30(3,4)5)27-22(15-17)25(34)16-26(36-27)24-11-10-19-12-13-31-28(19)33-24/h6-16,18,32H,1-5H3,(H,31,33). The number of benzene rings is 2. The Hall–Kier alpha value is -4.39. The monoisotopic (exact) mass is 495 g/mol. The van der Waals surface area contributed by atoms with Gasteiger partial charge in [-0.05, 0) is 76.6 Å². The summed E-state index contributed by atoms with van der Waals surface area (Å²) < 4.78 is 11.9. The van der Waals surface area contributed by atoms with Gasteiger partial charge in [-0.2, -0.15) is 0 Å². The van der Waals surface area contributed by atoms with Gasteiger partial charge in [-0.15, -0.1) is 0 Å². The fourth-order valence-corrected chi connectivity index (χ4v) is 4.38. The van der Waals surface area contributed by atoms with Gasteiger partial charge in [-0.3, -0.25) is 4.79 Å². The number of aromatic amines is 1. The van der Waals surface area contributed by atoms with Crippen molar-refractivity contribution >= 4 is 33.7 Å². The van der Waals surface area contributed by atoms with Crippen LogP contribution in [0.5, 0.6) is 0 Å². The third-order valence-electron chi connectivity index (χ3n) is 6.05. The van der Waals surface area contributed by atoms with Crippen LogP contribution in [0.4, 0.5) is 5.69 Å². The van der Waals surface area contributed by atoms with Gasteiger partial charge in [0.1, 0.15) is 22.5 Å². The number of anilines is 1. The van der Waals surface area contributed by atoms with E-state index in [4.69, 9.17) is 9.15 Å². The molecule has 5 rings (SSSR count). The summed E-state index contributed by atoms with van der Waals surface area (Å²) in [6, 6.07) is 18.0. The summed E-state index contributed by atoms with van der Waals surface area (Å²) in [5, 5.41) is 4.90. The zero-order valence-electron chi connectivity index (χ0n) is 21.5. The van der Waals surface area contributed by atoms with Crippen molar-refractivity contribution in [2.75, 3.05) is 5.32 Å². The molecular formula is C30H29N3O4. The number of nitrogens with one attached hydrogen (secondary N) is 2. The first-order valence-electron chi connectivity index (χ1n) is 12.2. The summed E-state index contributed by atoms with van der Waals surface area (Å²) in [4.78, 5) is 33.7. The molecule has 1 atom stereocenters. The smallest absolute Gasteiger partial charge is 0.340 e. The summed E-state index contributed by atoms with van der Waals surface area (Å²) in [7, 11) is 0. The molecule has 0 saturated carbocycles. The fraction of sp³-hybridized carbons (Fsp3) is 0.233. The van der Waals surface area contributed by atoms with Crippen molar-refractivity contribution < 1.29 is 13.9 Å². The van der Waals surface area contributed by atoms with Crippen LogP contribution < -0.4 is 10.7 Å². The number of aryl methyl sites for hydroxylation is 1. The van der Waals surface area contributed by atoms with Crippen LogP contribution in [0.1, 0.15) is 55.2 Å². The second-order valence-corrected chi connectivity index (χ2v) is 10.2. The molecule has 2 N–H and O–H groups in total. The highest BCUT2D eigenvalue weighted by Crippen LogP contribution is 2.31. The number of hydrogen-bond donors (Lipinski definition) is 2. The Labute approximate surface area is 214 Å². The molecule has 7 heteroatoms. The maximum Gasteiger partial charge on any atom is 0.340 e. The molecule has 0 aliphatic carbocycles. The number of pyridine rings is 1. The molecule has 0 aliphatic heterocycles. The lowest BCUT2D eigenvalue weighted by atomic mass is 10.0. The number of carbonyl (C=O) groups is 1. The van der Waals surface area contributed by atoms with Crippen molar-refractivity contribution in [1.29, 1.82) is 0 Å². The largest absolute Gasteiger partial charge is 0.456 e. The number of hydrogen-bond acceptors (Lipinski definition) is 6. The predicted molar refractivity (Wildman–Crippen MR) is 146 cm³/mol. The van der Waals surface area contributed by atoms with Crippen LogP contribution in [-0.2, 0) is 4.74 Å². The molecule has 3 aromatic heterocycles. The number of ether oxygens (including phenoxy) is 1. The van der Waals surface area contributed by atoms with Crippen molar-refractivity contribution in [3.63, 3.8) is 0 Å². The Kier molecular flexibility index (Phi) is 6.07. The Morgan fingerprint density at radius 2 is 1.86 bits per heavy atom. The quantitative estimate of drug-likeness (QED) is 0.261. The van der Waals surface area contributed by atoms with Gasteiger partial charge < -0.3 is 19.5 Å². The van der Waals surface area contributed by atoms with E-state index in [2.05, 4.69) is 15.3 Å². The Morgan fingerprint density at radius 1 is 1.08 bits per heavy atom. The molecule has 0 spiro atoms. The second-order valence-electron chi connectivity index (χ2n) is 10.2. The van der Waals surface area contributed by atoms with E-state index in [0.717, 1.165) is 22.2 Å². The number of H-pyrrole nitrogens is 1. The summed E-state index contributed by atoms with van der Waals surface area (Å²) >= 11 is 0. The van der Waals surface area contributed by atoms with E-state index in [1.54, 1.807) is 12.1 Å². The lowest BCUT2D eigenvalue weighted by molar-refractivity contribution is 0.00706. The molecule has 0 amide bonds. The number of para-hydroxylation sites is 1. The Balaban J connectivity index is 1.57. The molecule has 0 bridgehead atoms. The minimum absolute atomic E-state index is 0.143. The summed E-state index contributed by atoms with van der Waals surface area (Å²) in [6.45, 7) is 9.42. The molecule has 5 aromatic rings. The average Bonchev–Trinajstić information content (AvgIpc) is 3.31. The molecule has 2 aromatic carbocycles. The second kappa shape index (κ2) is 9.24. The van der Waals surface area contributed by atoms with Gasteiger partial charge in [0.15, 0.2) is 11.2 Å². The van der Waals surface area contributed by atoms with Crippen LogP contribution in [-0.4, -0.2) is 21.5 Å². The molecule has 0 aliphatic rings. The minimum atomic E-state index is -0.612. The fourth-order valence-electron chi connectivity index (χ4n) is 4.38. The molecule has 0 radical (unpaired) electrons. The van der Waals surface area contributed by atoms with Crippen LogP contribution in [0.25, 0.3) is 33.5 Å². The normalized spacial score (nSPS) is 12.6. The van der Waals surface area contributed by atoms with Gasteiger partial charge in [0.25, 0.3) is 0 Å². The van der Waals surface area contributed by atoms with E-state index in [1.165, 1.54) is 6.07 Å². The zero-order valence-corrected chi connectivity index (χ0v) is 21.5. The molecule has 7 nitrogen and oxygen atoms in total. The Morgan fingerprint density at radius 3 is 2.65 bits per heavy atom. The molecule has 0 saturated heterocycles. The maximum atomic E-state index is 13.2. The average molecular weight is 496 g/mol. The minimum Gasteiger partial charge on any atom is -0.456 e. The number of aromatic nitrogens is 2. The van der Waals surface area contributed by atoms with Crippen molar-refractivity contribution in [2.24, 2.45) is 0 Å². The molecule has 1 unspecified atom stereocenters. The van der Waals surface area contributed by atoms with Gasteiger partial charge in [0.05, 0.1) is 17.0 Å². The maximum absolute atomic E-state index is 13.2. The third-order valence-corrected chi connectivity index (χ3v) is 6.05. The highest BCUT2D eigenvalue weighted by atomic mass is 16.6. The zero-order chi connectivity index (χ0) is 26.3. The molecular weight excluding hydrogens is 466 g/mol. The van der Waals surface area contributed by atoms with Crippen LogP contribution >= 0.6 is 0 Å². The van der Waals surface area contributed by atoms with E-state index in [-0.39, 0.29) is 11.5 Å². The predicted octanol–water partition coefficient (Wildman–Crippen LogP) is 6.77. The van der Waals surface area contributed by atoms with Gasteiger partial charge in [0.2, 0.25) is 0 Å². The van der Waals surface area contributed by atoms with Gasteiger partial charge >= 0.3 is 5.97 Å². The van der Waals surface area contributed by atoms with Crippen molar-refractivity contribution in [3.05, 3.63) is 93.8 Å². The van der Waals surface area contributed by atoms with E-state index < -0.39 is 11.6 Å². The highest BCUT2D eigenvalue weighted by Gasteiger charge is 2.22. The lowest BCUT2D eigenvalue weighted by Crippen LogP contribution is -2.24. The van der Waals surface area contributed by atoms with Crippen LogP contribution in [0.15, 0.2) is 76.1 Å². The van der Waals surface area contributed by atoms with Crippen molar-refractivity contribution in [3.8, 4) is 11.5 Å². The lowest BCUT2D eigenvalue weighted by Gasteiger charge is -2.22. The van der Waals surface area contributed by atoms with E-state index in [0.29, 0.717) is 33.7 Å². The number of rotatable bonds is 5. The summed E-state index contributed by atoms with van der Waals surface area (Å²) in [5.41, 5.74) is 3.82. The third kappa shape index (κ3) is 4.98. The van der Waals surface area contributed by atoms with E-state index in [1.807, 2.05) is 83.3 Å². The molecule has 188 valence electrons. The molecule has 3 heterocycles. The number of fused-ring (bicyclic) bond motifs is 2. The number of carbonyl (C=O) groups excluding carboxylic acids is 1. The van der Waals surface area contributed by atoms with Crippen LogP contribution in [0, 0.1) is 6.92 Å². The number of nitrogens with zero attached hydrogens (tertiary/aromatic N) is 1. The first-order chi connectivity index (χ1) is 17.6. The molecule has 0 fully saturated rings. The van der Waals surface area contributed by atoms with E-state index >= 15 is 0 Å². The van der Waals surface area contributed by atoms with Crippen molar-refractivity contribution in [1.82, 2.24) is 9.97 Å². The summed E-state index contributed by atoms with van der Waals surface area (Å²) in [6.07, 6.45) is 1.82. The molecule has 37 heavy (non-hydrogen) atoms. The van der Waals surface area contributed by atoms with Gasteiger partial charge in [-0.25, -0.2) is 9.78 Å². The number of esters is 1. The Bertz CT molecular complexity index is 1690.